The Morgan fingerprint density at radius 3 is 2.90 bits per heavy atom. The fraction of sp³-hybridized carbons (Fsp3) is 0.533. The fourth-order valence-corrected chi connectivity index (χ4v) is 2.36. The van der Waals surface area contributed by atoms with Gasteiger partial charge >= 0.3 is 0 Å². The molecule has 0 fully saturated rings. The highest BCUT2D eigenvalue weighted by Gasteiger charge is 2.19. The van der Waals surface area contributed by atoms with Crippen LogP contribution in [-0.2, 0) is 4.74 Å². The normalized spacial score (nSPS) is 11.8. The number of nitrogens with one attached hydrogen (secondary N) is 1. The highest BCUT2D eigenvalue weighted by Crippen LogP contribution is 2.16. The summed E-state index contributed by atoms with van der Waals surface area (Å²) in [7, 11) is 0. The number of carbonyl (C=O) groups is 1. The molecule has 1 rings (SSSR count). The lowest BCUT2D eigenvalue weighted by molar-refractivity contribution is 0.0809. The van der Waals surface area contributed by atoms with Gasteiger partial charge in [0.15, 0.2) is 0 Å². The summed E-state index contributed by atoms with van der Waals surface area (Å²) in [6.07, 6.45) is 0. The number of amides is 1. The Hall–Kier alpha value is -1.35. The van der Waals surface area contributed by atoms with Crippen molar-refractivity contribution in [2.75, 3.05) is 19.8 Å². The summed E-state index contributed by atoms with van der Waals surface area (Å²) in [5, 5.41) is 4.88. The van der Waals surface area contributed by atoms with E-state index in [1.54, 1.807) is 0 Å². The van der Waals surface area contributed by atoms with Crippen molar-refractivity contribution in [2.24, 2.45) is 11.7 Å². The molecule has 0 spiro atoms. The highest BCUT2D eigenvalue weighted by molar-refractivity contribution is 7.12. The Morgan fingerprint density at radius 2 is 2.30 bits per heavy atom. The van der Waals surface area contributed by atoms with Gasteiger partial charge in [-0.2, -0.15) is 0 Å². The van der Waals surface area contributed by atoms with Crippen molar-refractivity contribution < 1.29 is 9.53 Å². The molecular formula is C15H22N2O2S. The summed E-state index contributed by atoms with van der Waals surface area (Å²) in [6.45, 7) is 7.52. The number of rotatable bonds is 6. The lowest BCUT2D eigenvalue weighted by atomic mass is 10.1. The zero-order valence-electron chi connectivity index (χ0n) is 12.2. The molecule has 4 nitrogen and oxygen atoms in total. The van der Waals surface area contributed by atoms with Crippen LogP contribution in [0.1, 0.15) is 36.0 Å². The molecule has 0 bridgehead atoms. The van der Waals surface area contributed by atoms with Crippen LogP contribution in [0, 0.1) is 17.8 Å². The van der Waals surface area contributed by atoms with Crippen LogP contribution in [0.2, 0.25) is 0 Å². The zero-order chi connectivity index (χ0) is 15.0. The SMILES string of the molecule is CCOCC(NC(=O)c1sccc1C#CCN)C(C)C. The molecule has 5 heteroatoms. The van der Waals surface area contributed by atoms with Gasteiger partial charge in [-0.15, -0.1) is 11.3 Å². The van der Waals surface area contributed by atoms with Crippen LogP contribution < -0.4 is 11.1 Å². The van der Waals surface area contributed by atoms with E-state index in [1.807, 2.05) is 18.4 Å². The first-order chi connectivity index (χ1) is 9.60. The Labute approximate surface area is 124 Å². The summed E-state index contributed by atoms with van der Waals surface area (Å²) >= 11 is 1.39. The Morgan fingerprint density at radius 1 is 1.55 bits per heavy atom. The van der Waals surface area contributed by atoms with E-state index < -0.39 is 0 Å². The maximum atomic E-state index is 12.3. The number of hydrogen-bond donors (Lipinski definition) is 2. The van der Waals surface area contributed by atoms with Gasteiger partial charge in [-0.1, -0.05) is 25.7 Å². The van der Waals surface area contributed by atoms with E-state index >= 15 is 0 Å². The molecule has 20 heavy (non-hydrogen) atoms. The smallest absolute Gasteiger partial charge is 0.262 e. The monoisotopic (exact) mass is 294 g/mol. The lowest BCUT2D eigenvalue weighted by Crippen LogP contribution is -2.41. The third-order valence-electron chi connectivity index (χ3n) is 2.82. The summed E-state index contributed by atoms with van der Waals surface area (Å²) in [5.41, 5.74) is 6.09. The topological polar surface area (TPSA) is 64.3 Å². The van der Waals surface area contributed by atoms with E-state index in [0.29, 0.717) is 24.0 Å². The van der Waals surface area contributed by atoms with E-state index in [0.717, 1.165) is 5.56 Å². The van der Waals surface area contributed by atoms with Gasteiger partial charge in [0.1, 0.15) is 4.88 Å². The average Bonchev–Trinajstić information content (AvgIpc) is 2.89. The molecule has 0 saturated carbocycles. The van der Waals surface area contributed by atoms with Gasteiger partial charge in [0, 0.05) is 12.2 Å². The van der Waals surface area contributed by atoms with Gasteiger partial charge < -0.3 is 15.8 Å². The number of ether oxygens (including phenoxy) is 1. The van der Waals surface area contributed by atoms with Gasteiger partial charge in [-0.3, -0.25) is 4.79 Å². The summed E-state index contributed by atoms with van der Waals surface area (Å²) in [4.78, 5) is 12.9. The van der Waals surface area contributed by atoms with Gasteiger partial charge in [-0.05, 0) is 24.3 Å². The maximum Gasteiger partial charge on any atom is 0.262 e. The van der Waals surface area contributed by atoms with Crippen molar-refractivity contribution in [1.82, 2.24) is 5.32 Å². The molecule has 1 amide bonds. The second-order valence-corrected chi connectivity index (χ2v) is 5.57. The average molecular weight is 294 g/mol. The fourth-order valence-electron chi connectivity index (χ4n) is 1.61. The van der Waals surface area contributed by atoms with Crippen LogP contribution in [0.25, 0.3) is 0 Å². The summed E-state index contributed by atoms with van der Waals surface area (Å²) in [6, 6.07) is 1.84. The van der Waals surface area contributed by atoms with Crippen molar-refractivity contribution in [2.45, 2.75) is 26.8 Å². The molecule has 1 atom stereocenters. The standard InChI is InChI=1S/C15H22N2O2S/c1-4-19-10-13(11(2)3)17-15(18)14-12(6-5-8-16)7-9-20-14/h7,9,11,13H,4,8,10,16H2,1-3H3,(H,17,18). The molecule has 3 N–H and O–H groups in total. The van der Waals surface area contributed by atoms with E-state index in [-0.39, 0.29) is 18.5 Å². The van der Waals surface area contributed by atoms with E-state index in [2.05, 4.69) is 31.0 Å². The predicted molar refractivity (Wildman–Crippen MR) is 82.8 cm³/mol. The first-order valence-corrected chi connectivity index (χ1v) is 7.63. The molecule has 0 saturated heterocycles. The Kier molecular flexibility index (Phi) is 7.31. The molecule has 1 aromatic heterocycles. The quantitative estimate of drug-likeness (QED) is 0.787. The Balaban J connectivity index is 2.76. The van der Waals surface area contributed by atoms with E-state index in [9.17, 15) is 4.79 Å². The van der Waals surface area contributed by atoms with Crippen LogP contribution in [0.5, 0.6) is 0 Å². The third kappa shape index (κ3) is 4.97. The van der Waals surface area contributed by atoms with Crippen molar-refractivity contribution in [1.29, 1.82) is 0 Å². The molecule has 0 aromatic carbocycles. The van der Waals surface area contributed by atoms with Crippen LogP contribution in [0.3, 0.4) is 0 Å². The molecule has 1 heterocycles. The second kappa shape index (κ2) is 8.75. The van der Waals surface area contributed by atoms with E-state index in [4.69, 9.17) is 10.5 Å². The predicted octanol–water partition coefficient (Wildman–Crippen LogP) is 1.85. The molecule has 1 unspecified atom stereocenters. The number of hydrogen-bond acceptors (Lipinski definition) is 4. The Bertz CT molecular complexity index is 486. The first kappa shape index (κ1) is 16.7. The first-order valence-electron chi connectivity index (χ1n) is 6.75. The van der Waals surface area contributed by atoms with Gasteiger partial charge in [0.25, 0.3) is 5.91 Å². The van der Waals surface area contributed by atoms with Crippen molar-refractivity contribution in [3.05, 3.63) is 21.9 Å². The highest BCUT2D eigenvalue weighted by atomic mass is 32.1. The van der Waals surface area contributed by atoms with Crippen molar-refractivity contribution in [3.63, 3.8) is 0 Å². The van der Waals surface area contributed by atoms with Crippen LogP contribution in [0.4, 0.5) is 0 Å². The maximum absolute atomic E-state index is 12.3. The minimum absolute atomic E-state index is 0.000123. The molecule has 1 aromatic rings. The third-order valence-corrected chi connectivity index (χ3v) is 3.73. The van der Waals surface area contributed by atoms with Gasteiger partial charge in [0.2, 0.25) is 0 Å². The summed E-state index contributed by atoms with van der Waals surface area (Å²) < 4.78 is 5.41. The van der Waals surface area contributed by atoms with Crippen LogP contribution in [0.15, 0.2) is 11.4 Å². The van der Waals surface area contributed by atoms with E-state index in [1.165, 1.54) is 11.3 Å². The molecule has 0 aliphatic carbocycles. The zero-order valence-corrected chi connectivity index (χ0v) is 13.0. The van der Waals surface area contributed by atoms with Gasteiger partial charge in [-0.25, -0.2) is 0 Å². The molecule has 110 valence electrons. The number of nitrogens with two attached hydrogens (primary N) is 1. The minimum atomic E-state index is -0.0975. The van der Waals surface area contributed by atoms with Crippen molar-refractivity contribution >= 4 is 17.2 Å². The largest absolute Gasteiger partial charge is 0.380 e. The van der Waals surface area contributed by atoms with Gasteiger partial charge in [0.05, 0.1) is 19.2 Å². The van der Waals surface area contributed by atoms with Crippen LogP contribution >= 0.6 is 11.3 Å². The molecule has 0 radical (unpaired) electrons. The van der Waals surface area contributed by atoms with Crippen molar-refractivity contribution in [3.8, 4) is 11.8 Å². The number of carbonyl (C=O) groups excluding carboxylic acids is 1. The van der Waals surface area contributed by atoms with Crippen LogP contribution in [-0.4, -0.2) is 31.7 Å². The second-order valence-electron chi connectivity index (χ2n) is 4.65. The molecule has 0 aliphatic heterocycles. The summed E-state index contributed by atoms with van der Waals surface area (Å²) in [5.74, 6) is 5.91. The lowest BCUT2D eigenvalue weighted by Gasteiger charge is -2.21. The minimum Gasteiger partial charge on any atom is -0.380 e. The molecule has 0 aliphatic rings. The number of thiophene rings is 1. The molecular weight excluding hydrogens is 272 g/mol.